The molecule has 2 aromatic heterocycles. The number of hydrogen-bond acceptors (Lipinski definition) is 18. The van der Waals surface area contributed by atoms with Crippen LogP contribution in [0.15, 0.2) is 71.0 Å². The van der Waals surface area contributed by atoms with Crippen LogP contribution in [0.2, 0.25) is 0 Å². The molecule has 6 fully saturated rings. The van der Waals surface area contributed by atoms with Crippen molar-refractivity contribution in [3.63, 3.8) is 0 Å². The number of likely N-dealkylation sites (tertiary alicyclic amines) is 1. The van der Waals surface area contributed by atoms with Crippen LogP contribution >= 0.6 is 10.7 Å². The lowest BCUT2D eigenvalue weighted by Gasteiger charge is -2.33. The quantitative estimate of drug-likeness (QED) is 0.104. The Balaban J connectivity index is 0.000000174. The Labute approximate surface area is 433 Å². The zero-order chi connectivity index (χ0) is 53.2. The molecule has 6 aliphatic rings. The first-order chi connectivity index (χ1) is 34.8. The lowest BCUT2D eigenvalue weighted by Crippen LogP contribution is -2.44. The van der Waals surface area contributed by atoms with E-state index < -0.39 is 66.5 Å². The predicted octanol–water partition coefficient (Wildman–Crippen LogP) is 7.52. The van der Waals surface area contributed by atoms with Crippen molar-refractivity contribution >= 4 is 55.5 Å². The molecule has 2 aliphatic heterocycles. The summed E-state index contributed by atoms with van der Waals surface area (Å²) in [5.74, 6) is -1.30. The molecule has 4 aliphatic carbocycles. The molecule has 1 amide bonds. The first-order valence-corrected chi connectivity index (χ1v) is 31.1. The van der Waals surface area contributed by atoms with Gasteiger partial charge in [-0.3, -0.25) is 0 Å². The zero-order valence-corrected chi connectivity index (χ0v) is 44.7. The van der Waals surface area contributed by atoms with E-state index in [4.69, 9.17) is 34.4 Å². The van der Waals surface area contributed by atoms with E-state index in [0.717, 1.165) is 37.8 Å². The Hall–Kier alpha value is -5.02. The molecule has 74 heavy (non-hydrogen) atoms. The Kier molecular flexibility index (Phi) is 16.6. The minimum absolute atomic E-state index is 0.0467. The minimum Gasteiger partial charge on any atom is -0.474 e. The van der Waals surface area contributed by atoms with Gasteiger partial charge in [0.15, 0.2) is 42.8 Å². The van der Waals surface area contributed by atoms with Crippen LogP contribution < -0.4 is 18.9 Å². The number of amides is 1. The second-order valence-electron chi connectivity index (χ2n) is 19.7. The van der Waals surface area contributed by atoms with Gasteiger partial charge in [-0.05, 0) is 121 Å². The van der Waals surface area contributed by atoms with Crippen LogP contribution in [0.3, 0.4) is 0 Å². The maximum atomic E-state index is 14.5. The normalized spacial score (nSPS) is 19.2. The van der Waals surface area contributed by atoms with Gasteiger partial charge in [-0.15, -0.1) is 0 Å². The van der Waals surface area contributed by atoms with E-state index in [1.807, 2.05) is 20.8 Å². The van der Waals surface area contributed by atoms with Crippen LogP contribution in [0.5, 0.6) is 35.0 Å². The number of halogens is 3. The first kappa shape index (κ1) is 55.2. The number of sulfone groups is 2. The molecule has 0 N–H and O–H groups in total. The fourth-order valence-corrected chi connectivity index (χ4v) is 14.1. The van der Waals surface area contributed by atoms with Crippen LogP contribution in [-0.2, 0) is 43.5 Å². The summed E-state index contributed by atoms with van der Waals surface area (Å²) >= 11 is 0. The van der Waals surface area contributed by atoms with Gasteiger partial charge in [0, 0.05) is 49.7 Å². The number of rotatable bonds is 15. The van der Waals surface area contributed by atoms with Crippen molar-refractivity contribution in [1.82, 2.24) is 29.1 Å². The van der Waals surface area contributed by atoms with Crippen LogP contribution in [-0.4, -0.2) is 134 Å². The number of ether oxygens (including phenoxy) is 5. The lowest BCUT2D eigenvalue weighted by atomic mass is 10.1. The van der Waals surface area contributed by atoms with Crippen molar-refractivity contribution in [2.24, 2.45) is 0 Å². The summed E-state index contributed by atoms with van der Waals surface area (Å²) < 4.78 is 153. The molecule has 404 valence electrons. The van der Waals surface area contributed by atoms with Crippen LogP contribution in [0, 0.1) is 11.6 Å². The number of piperidine rings is 2. The molecule has 0 unspecified atom stereocenters. The molecule has 0 spiro atoms. The van der Waals surface area contributed by atoms with E-state index >= 15 is 0 Å². The van der Waals surface area contributed by atoms with Crippen molar-refractivity contribution < 1.29 is 70.9 Å². The van der Waals surface area contributed by atoms with Crippen LogP contribution in [0.1, 0.15) is 97.8 Å². The molecule has 2 saturated heterocycles. The van der Waals surface area contributed by atoms with E-state index in [9.17, 15) is 47.2 Å². The van der Waals surface area contributed by atoms with E-state index in [1.54, 1.807) is 4.90 Å². The zero-order valence-electron chi connectivity index (χ0n) is 40.7. The van der Waals surface area contributed by atoms with Gasteiger partial charge in [-0.1, -0.05) is 0 Å². The van der Waals surface area contributed by atoms with Gasteiger partial charge in [0.25, 0.3) is 0 Å². The standard InChI is InChI=1S/C23H28FN3O6S.C21H24FN3O6S2.C3H5ClO2S/c1-23(2,3)33-22(28)27-10-8-15(9-11-27)31-20-13-21(26-14-25-20)32-19-7-6-17(12-18(19)24)34(29,30)16-4-5-16;22-18-11-17(32(26,27)15-1-2-15)5-6-19(18)31-21-12-20(23-13-24-21)30-14-7-9-25(10-8-14)33(28,29)16-3-4-16;4-7(5,6)3-1-2-3/h6-7,12-16H,4-5,8-11H2,1-3H3;5-6,11-16H,1-4,7-10H2;3H,1-2H2. The van der Waals surface area contributed by atoms with Gasteiger partial charge >= 0.3 is 6.09 Å². The third-order valence-corrected chi connectivity index (χ3v) is 21.3. The molecule has 2 aromatic carbocycles. The predicted molar refractivity (Wildman–Crippen MR) is 264 cm³/mol. The molecule has 0 radical (unpaired) electrons. The average molecular weight is 1130 g/mol. The smallest absolute Gasteiger partial charge is 0.410 e. The molecular formula is C47H57ClF2N6O14S4. The lowest BCUT2D eigenvalue weighted by molar-refractivity contribution is 0.0122. The summed E-state index contributed by atoms with van der Waals surface area (Å²) in [6.07, 6.45) is 9.42. The number of benzene rings is 2. The topological polar surface area (TPSA) is 258 Å². The van der Waals surface area contributed by atoms with Crippen molar-refractivity contribution in [1.29, 1.82) is 0 Å². The van der Waals surface area contributed by atoms with Gasteiger partial charge in [0.05, 0.1) is 42.9 Å². The monoisotopic (exact) mass is 1130 g/mol. The minimum atomic E-state index is -3.50. The van der Waals surface area contributed by atoms with Crippen LogP contribution in [0.4, 0.5) is 13.6 Å². The third kappa shape index (κ3) is 14.9. The summed E-state index contributed by atoms with van der Waals surface area (Å²) in [6.45, 7) is 7.27. The van der Waals surface area contributed by atoms with Gasteiger partial charge in [-0.25, -0.2) is 71.5 Å². The maximum absolute atomic E-state index is 14.5. The molecule has 4 heterocycles. The summed E-state index contributed by atoms with van der Waals surface area (Å²) in [6, 6.07) is 10.0. The molecule has 27 heteroatoms. The number of carbonyl (C=O) groups is 1. The van der Waals surface area contributed by atoms with Crippen molar-refractivity contribution in [3.8, 4) is 35.0 Å². The SMILES string of the molecule is CC(C)(C)OC(=O)N1CCC(Oc2cc(Oc3ccc(S(=O)(=O)C4CC4)cc3F)ncn2)CC1.O=S(=O)(Cl)C1CC1.O=S(=O)(c1ccc(Oc2cc(OC3CCN(S(=O)(=O)C4CC4)CC3)ncn2)c(F)c1)C1CC1. The van der Waals surface area contributed by atoms with Crippen molar-refractivity contribution in [2.75, 3.05) is 26.2 Å². The van der Waals surface area contributed by atoms with E-state index in [1.165, 1.54) is 53.4 Å². The molecular weight excluding hydrogens is 1070 g/mol. The van der Waals surface area contributed by atoms with E-state index in [0.29, 0.717) is 77.5 Å². The fraction of sp³-hybridized carbons (Fsp3) is 0.553. The Morgan fingerprint density at radius 3 is 1.30 bits per heavy atom. The third-order valence-electron chi connectivity index (χ3n) is 12.4. The molecule has 4 saturated carbocycles. The summed E-state index contributed by atoms with van der Waals surface area (Å²) in [5.41, 5.74) is -0.549. The average Bonchev–Trinajstić information content (AvgIpc) is 4.14. The Morgan fingerprint density at radius 2 is 0.946 bits per heavy atom. The summed E-state index contributed by atoms with van der Waals surface area (Å²) in [4.78, 5) is 29.8. The van der Waals surface area contributed by atoms with Gasteiger partial charge in [0.2, 0.25) is 42.6 Å². The summed E-state index contributed by atoms with van der Waals surface area (Å²) in [7, 11) is -8.43. The van der Waals surface area contributed by atoms with Crippen molar-refractivity contribution in [3.05, 3.63) is 72.8 Å². The number of sulfonamides is 1. The molecule has 20 nitrogen and oxygen atoms in total. The Bertz CT molecular complexity index is 3140. The highest BCUT2D eigenvalue weighted by Crippen LogP contribution is 2.38. The summed E-state index contributed by atoms with van der Waals surface area (Å²) in [5, 5.41) is -1.28. The number of hydrogen-bond donors (Lipinski definition) is 0. The van der Waals surface area contributed by atoms with Gasteiger partial charge in [-0.2, -0.15) is 0 Å². The second kappa shape index (κ2) is 22.3. The second-order valence-corrected chi connectivity index (χ2v) is 29.3. The highest BCUT2D eigenvalue weighted by molar-refractivity contribution is 8.14. The number of aromatic nitrogens is 4. The van der Waals surface area contributed by atoms with E-state index in [2.05, 4.69) is 19.9 Å². The Morgan fingerprint density at radius 1 is 0.554 bits per heavy atom. The highest BCUT2D eigenvalue weighted by Gasteiger charge is 2.42. The van der Waals surface area contributed by atoms with Gasteiger partial charge in [0.1, 0.15) is 30.5 Å². The first-order valence-electron chi connectivity index (χ1n) is 24.2. The fourth-order valence-electron chi connectivity index (χ4n) is 7.69. The highest BCUT2D eigenvalue weighted by atomic mass is 35.7. The maximum Gasteiger partial charge on any atom is 0.410 e. The molecule has 10 rings (SSSR count). The van der Waals surface area contributed by atoms with Gasteiger partial charge < -0.3 is 28.6 Å². The molecule has 0 atom stereocenters. The largest absolute Gasteiger partial charge is 0.474 e. The number of nitrogens with zero attached hydrogens (tertiary/aromatic N) is 6. The number of carbonyl (C=O) groups excluding carboxylic acids is 1. The molecule has 0 bridgehead atoms. The van der Waals surface area contributed by atoms with E-state index in [-0.39, 0.29) is 73.6 Å². The van der Waals surface area contributed by atoms with Crippen molar-refractivity contribution in [2.45, 2.75) is 146 Å². The molecule has 4 aromatic rings. The van der Waals surface area contributed by atoms with Crippen LogP contribution in [0.25, 0.3) is 0 Å².